The molecule has 2 aromatic rings. The van der Waals surface area contributed by atoms with E-state index < -0.39 is 0 Å². The van der Waals surface area contributed by atoms with Crippen LogP contribution in [0.3, 0.4) is 0 Å². The maximum atomic E-state index is 5.00. The van der Waals surface area contributed by atoms with Crippen molar-refractivity contribution < 1.29 is 0 Å². The van der Waals surface area contributed by atoms with Crippen LogP contribution in [0.15, 0.2) is 42.6 Å². The third kappa shape index (κ3) is 1.34. The van der Waals surface area contributed by atoms with Crippen LogP contribution in [-0.4, -0.2) is 4.98 Å². The minimum atomic E-state index is 0.770. The first-order valence-electron chi connectivity index (χ1n) is 3.71. The van der Waals surface area contributed by atoms with Gasteiger partial charge in [0, 0.05) is 11.6 Å². The van der Waals surface area contributed by atoms with E-state index in [0.717, 1.165) is 15.4 Å². The summed E-state index contributed by atoms with van der Waals surface area (Å²) in [5, 5.41) is 1.12. The molecule has 0 amide bonds. The lowest BCUT2D eigenvalue weighted by Gasteiger charge is -1.86. The summed E-state index contributed by atoms with van der Waals surface area (Å²) in [5.74, 6) is 0. The fraction of sp³-hybridized carbons (Fsp3) is 0. The van der Waals surface area contributed by atoms with Crippen LogP contribution in [0.5, 0.6) is 0 Å². The number of fused-ring (bicyclic) bond motifs is 1. The van der Waals surface area contributed by atoms with E-state index in [-0.39, 0.29) is 0 Å². The van der Waals surface area contributed by atoms with Gasteiger partial charge in [-0.3, -0.25) is 4.98 Å². The fourth-order valence-electron chi connectivity index (χ4n) is 1.09. The Balaban J connectivity index is 2.94. The topological polar surface area (TPSA) is 12.9 Å². The van der Waals surface area contributed by atoms with Crippen LogP contribution in [0, 0.1) is 4.51 Å². The van der Waals surface area contributed by atoms with Crippen LogP contribution in [0.1, 0.15) is 0 Å². The summed E-state index contributed by atoms with van der Waals surface area (Å²) in [5.41, 5.74) is 0.980. The van der Waals surface area contributed by atoms with Crippen LogP contribution in [0.2, 0.25) is 0 Å². The van der Waals surface area contributed by atoms with E-state index in [0.29, 0.717) is 0 Å². The molecule has 0 fully saturated rings. The molecule has 0 aliphatic carbocycles. The number of benzene rings is 1. The first-order chi connectivity index (χ1) is 5.86. The second-order valence-corrected chi connectivity index (χ2v) is 3.02. The van der Waals surface area contributed by atoms with Crippen molar-refractivity contribution >= 4 is 23.1 Å². The predicted molar refractivity (Wildman–Crippen MR) is 52.6 cm³/mol. The predicted octanol–water partition coefficient (Wildman–Crippen LogP) is 2.96. The molecule has 0 aliphatic rings. The van der Waals surface area contributed by atoms with Crippen molar-refractivity contribution in [3.8, 4) is 0 Å². The Morgan fingerprint density at radius 3 is 2.75 bits per heavy atom. The molecule has 1 nitrogen and oxygen atoms in total. The van der Waals surface area contributed by atoms with Crippen molar-refractivity contribution in [1.82, 2.24) is 4.98 Å². The molecule has 0 spiro atoms. The molecule has 12 heavy (non-hydrogen) atoms. The molecule has 1 heterocycles. The van der Waals surface area contributed by atoms with E-state index in [9.17, 15) is 0 Å². The van der Waals surface area contributed by atoms with Crippen molar-refractivity contribution in [3.63, 3.8) is 0 Å². The molecule has 58 valence electrons. The largest absolute Gasteiger partial charge is 0.255 e. The van der Waals surface area contributed by atoms with Crippen molar-refractivity contribution in [2.75, 3.05) is 0 Å². The minimum Gasteiger partial charge on any atom is -0.255 e. The third-order valence-corrected chi connectivity index (χ3v) is 1.94. The lowest BCUT2D eigenvalue weighted by Crippen LogP contribution is -1.67. The van der Waals surface area contributed by atoms with Gasteiger partial charge in [-0.2, -0.15) is 0 Å². The Bertz CT molecular complexity index is 424. The monoisotopic (exact) mass is 173 g/mol. The van der Waals surface area contributed by atoms with E-state index in [1.807, 2.05) is 36.4 Å². The highest BCUT2D eigenvalue weighted by Crippen LogP contribution is 2.08. The molecule has 0 N–H and O–H groups in total. The highest BCUT2D eigenvalue weighted by molar-refractivity contribution is 7.71. The van der Waals surface area contributed by atoms with Crippen molar-refractivity contribution in [2.45, 2.75) is 0 Å². The molecule has 0 bridgehead atoms. The molecular formula is C10H7NS. The van der Waals surface area contributed by atoms with Crippen molar-refractivity contribution in [1.29, 1.82) is 0 Å². The highest BCUT2D eigenvalue weighted by atomic mass is 32.1. The molecule has 2 rings (SSSR count). The molecule has 0 saturated carbocycles. The molecule has 1 aromatic heterocycles. The summed E-state index contributed by atoms with van der Waals surface area (Å²) >= 11 is 5.00. The summed E-state index contributed by atoms with van der Waals surface area (Å²) in [6, 6.07) is 11.8. The zero-order chi connectivity index (χ0) is 8.39. The van der Waals surface area contributed by atoms with Gasteiger partial charge in [-0.05, 0) is 12.1 Å². The number of hydrogen-bond donors (Lipinski definition) is 0. The average molecular weight is 173 g/mol. The molecule has 0 saturated heterocycles. The number of para-hydroxylation sites is 1. The molecule has 2 heteroatoms. The number of nitrogens with zero attached hydrogens (tertiary/aromatic N) is 1. The second kappa shape index (κ2) is 2.99. The Hall–Kier alpha value is -1.28. The summed E-state index contributed by atoms with van der Waals surface area (Å²) < 4.78 is 0.770. The fourth-order valence-corrected chi connectivity index (χ4v) is 1.21. The van der Waals surface area contributed by atoms with Gasteiger partial charge in [-0.15, -0.1) is 0 Å². The number of aromatic nitrogens is 1. The van der Waals surface area contributed by atoms with Gasteiger partial charge in [0.2, 0.25) is 0 Å². The molecule has 1 aromatic carbocycles. The van der Waals surface area contributed by atoms with Crippen LogP contribution >= 0.6 is 12.2 Å². The van der Waals surface area contributed by atoms with E-state index in [1.54, 1.807) is 6.20 Å². The maximum absolute atomic E-state index is 5.00. The molecular weight excluding hydrogens is 166 g/mol. The van der Waals surface area contributed by atoms with Crippen LogP contribution in [0.4, 0.5) is 0 Å². The zero-order valence-corrected chi connectivity index (χ0v) is 7.21. The number of hydrogen-bond acceptors (Lipinski definition) is 2. The van der Waals surface area contributed by atoms with E-state index in [1.165, 1.54) is 0 Å². The smallest absolute Gasteiger partial charge is 0.0702 e. The Morgan fingerprint density at radius 1 is 1.00 bits per heavy atom. The normalized spacial score (nSPS) is 10.0. The van der Waals surface area contributed by atoms with Crippen molar-refractivity contribution in [2.24, 2.45) is 0 Å². The summed E-state index contributed by atoms with van der Waals surface area (Å²) in [4.78, 5) is 4.24. The van der Waals surface area contributed by atoms with E-state index in [4.69, 9.17) is 12.2 Å². The van der Waals surface area contributed by atoms with E-state index in [2.05, 4.69) is 4.98 Å². The van der Waals surface area contributed by atoms with Gasteiger partial charge in [0.15, 0.2) is 0 Å². The van der Waals surface area contributed by atoms with Gasteiger partial charge in [0.05, 0.1) is 10.0 Å². The molecule has 0 radical (unpaired) electrons. The Labute approximate surface area is 75.7 Å². The van der Waals surface area contributed by atoms with Gasteiger partial charge in [0.1, 0.15) is 0 Å². The van der Waals surface area contributed by atoms with Gasteiger partial charge in [0.25, 0.3) is 0 Å². The molecule has 0 atom stereocenters. The van der Waals surface area contributed by atoms with Gasteiger partial charge in [-0.25, -0.2) is 0 Å². The summed E-state index contributed by atoms with van der Waals surface area (Å²) in [6.07, 6.45) is 1.71. The standard InChI is InChI=1S/C10H7NS/c12-9-6-5-8-3-1-2-4-10(8)11-7-9/h1-7H. The van der Waals surface area contributed by atoms with Gasteiger partial charge >= 0.3 is 0 Å². The van der Waals surface area contributed by atoms with Gasteiger partial charge in [-0.1, -0.05) is 36.5 Å². The maximum Gasteiger partial charge on any atom is 0.0702 e. The van der Waals surface area contributed by atoms with Crippen LogP contribution in [0.25, 0.3) is 10.9 Å². The average Bonchev–Trinajstić information content (AvgIpc) is 2.29. The Morgan fingerprint density at radius 2 is 1.83 bits per heavy atom. The first kappa shape index (κ1) is 7.37. The Kier molecular flexibility index (Phi) is 1.84. The first-order valence-corrected chi connectivity index (χ1v) is 4.12. The third-order valence-electron chi connectivity index (χ3n) is 1.69. The lowest BCUT2D eigenvalue weighted by atomic mass is 10.2. The molecule has 0 aliphatic heterocycles. The number of rotatable bonds is 0. The summed E-state index contributed by atoms with van der Waals surface area (Å²) in [6.45, 7) is 0. The van der Waals surface area contributed by atoms with Crippen molar-refractivity contribution in [3.05, 3.63) is 47.1 Å². The lowest BCUT2D eigenvalue weighted by molar-refractivity contribution is 1.43. The quantitative estimate of drug-likeness (QED) is 0.568. The van der Waals surface area contributed by atoms with Crippen LogP contribution in [-0.2, 0) is 0 Å². The van der Waals surface area contributed by atoms with Gasteiger partial charge < -0.3 is 0 Å². The zero-order valence-electron chi connectivity index (χ0n) is 6.40. The minimum absolute atomic E-state index is 0.770. The highest BCUT2D eigenvalue weighted by Gasteiger charge is 1.87. The van der Waals surface area contributed by atoms with E-state index >= 15 is 0 Å². The van der Waals surface area contributed by atoms with Crippen LogP contribution < -0.4 is 0 Å². The summed E-state index contributed by atoms with van der Waals surface area (Å²) in [7, 11) is 0. The SMILES string of the molecule is S=c1ccc2ccccc2nc1. The second-order valence-electron chi connectivity index (χ2n) is 2.55. The molecule has 0 unspecified atom stereocenters.